The number of carbonyl (C=O) groups excluding carboxylic acids is 3. The Balaban J connectivity index is 1.69. The number of benzene rings is 3. The van der Waals surface area contributed by atoms with Crippen molar-refractivity contribution < 1.29 is 32.6 Å². The molecular weight excluding hydrogens is 593 g/mol. The molecule has 0 heterocycles. The van der Waals surface area contributed by atoms with Crippen LogP contribution in [0.15, 0.2) is 54.6 Å². The number of aryl methyl sites for hydroxylation is 1. The van der Waals surface area contributed by atoms with E-state index >= 15 is 0 Å². The normalized spacial score (nSPS) is 11.4. The fourth-order valence-corrected chi connectivity index (χ4v) is 4.58. The molecule has 0 bridgehead atoms. The number of hydrogen-bond acceptors (Lipinski definition) is 8. The zero-order valence-corrected chi connectivity index (χ0v) is 24.4. The molecule has 0 aliphatic carbocycles. The highest BCUT2D eigenvalue weighted by molar-refractivity contribution is 7.77. The highest BCUT2D eigenvalue weighted by Gasteiger charge is 2.20. The van der Waals surface area contributed by atoms with Crippen LogP contribution in [0.4, 0.5) is 10.5 Å². The lowest BCUT2D eigenvalue weighted by Crippen LogP contribution is -2.37. The van der Waals surface area contributed by atoms with Crippen molar-refractivity contribution in [2.45, 2.75) is 20.8 Å². The Labute approximate surface area is 249 Å². The minimum absolute atomic E-state index is 0.0387. The first-order valence-corrected chi connectivity index (χ1v) is 13.8. The second kappa shape index (κ2) is 14.1. The molecule has 1 unspecified atom stereocenters. The molecule has 0 saturated carbocycles. The minimum atomic E-state index is -2.79. The molecule has 0 aliphatic heterocycles. The van der Waals surface area contributed by atoms with Crippen LogP contribution in [0.3, 0.4) is 0 Å². The first kappa shape index (κ1) is 31.6. The summed E-state index contributed by atoms with van der Waals surface area (Å²) >= 11 is 9.34. The molecule has 0 spiro atoms. The van der Waals surface area contributed by atoms with Gasteiger partial charge in [0.05, 0.1) is 28.5 Å². The second-order valence-electron chi connectivity index (χ2n) is 9.16. The number of ether oxygens (including phenoxy) is 2. The fraction of sp³-hybridized carbons (Fsp3) is 0.214. The van der Waals surface area contributed by atoms with Crippen LogP contribution in [0.1, 0.15) is 40.9 Å². The number of halogens is 2. The number of anilines is 1. The number of nitrogens with zero attached hydrogens (tertiary/aromatic N) is 2. The predicted octanol–water partition coefficient (Wildman–Crippen LogP) is 5.67. The third-order valence-corrected chi connectivity index (χ3v) is 6.54. The highest BCUT2D eigenvalue weighted by atomic mass is 35.5. The van der Waals surface area contributed by atoms with Gasteiger partial charge in [-0.3, -0.25) is 13.8 Å². The number of rotatable bonds is 10. The van der Waals surface area contributed by atoms with Crippen LogP contribution >= 0.6 is 23.2 Å². The minimum Gasteiger partial charge on any atom is -0.755 e. The number of nitriles is 1. The lowest BCUT2D eigenvalue weighted by molar-refractivity contribution is -0.118. The van der Waals surface area contributed by atoms with E-state index in [2.05, 4.69) is 5.32 Å². The summed E-state index contributed by atoms with van der Waals surface area (Å²) in [6, 6.07) is 14.8. The first-order valence-electron chi connectivity index (χ1n) is 12.0. The summed E-state index contributed by atoms with van der Waals surface area (Å²) < 4.78 is 34.2. The van der Waals surface area contributed by atoms with Crippen LogP contribution in [0.5, 0.6) is 11.5 Å². The summed E-state index contributed by atoms with van der Waals surface area (Å²) in [5.74, 6) is -0.974. The van der Waals surface area contributed by atoms with Gasteiger partial charge in [-0.25, -0.2) is 9.10 Å². The van der Waals surface area contributed by atoms with E-state index in [1.807, 2.05) is 6.07 Å². The van der Waals surface area contributed by atoms with Gasteiger partial charge >= 0.3 is 6.09 Å². The van der Waals surface area contributed by atoms with E-state index in [0.29, 0.717) is 15.6 Å². The quantitative estimate of drug-likeness (QED) is 0.226. The molecule has 214 valence electrons. The van der Waals surface area contributed by atoms with Gasteiger partial charge in [-0.2, -0.15) is 5.26 Å². The Morgan fingerprint density at radius 3 is 2.44 bits per heavy atom. The Kier molecular flexibility index (Phi) is 10.9. The van der Waals surface area contributed by atoms with Gasteiger partial charge in [-0.15, -0.1) is 0 Å². The van der Waals surface area contributed by atoms with Crippen LogP contribution < -0.4 is 14.8 Å². The van der Waals surface area contributed by atoms with Gasteiger partial charge < -0.3 is 19.3 Å². The number of amides is 2. The van der Waals surface area contributed by atoms with E-state index in [0.717, 1.165) is 0 Å². The molecule has 1 atom stereocenters. The number of ketones is 1. The molecule has 0 aliphatic rings. The van der Waals surface area contributed by atoms with Crippen molar-refractivity contribution >= 4 is 57.9 Å². The Bertz CT molecular complexity index is 1560. The Morgan fingerprint density at radius 2 is 1.80 bits per heavy atom. The average Bonchev–Trinajstić information content (AvgIpc) is 2.91. The van der Waals surface area contributed by atoms with Crippen molar-refractivity contribution in [3.63, 3.8) is 0 Å². The van der Waals surface area contributed by atoms with Gasteiger partial charge in [0.15, 0.2) is 12.4 Å². The average molecular weight is 617 g/mol. The summed E-state index contributed by atoms with van der Waals surface area (Å²) in [5, 5.41) is 12.3. The van der Waals surface area contributed by atoms with Gasteiger partial charge in [0.25, 0.3) is 5.91 Å². The van der Waals surface area contributed by atoms with E-state index in [4.69, 9.17) is 32.7 Å². The summed E-state index contributed by atoms with van der Waals surface area (Å²) in [6.07, 6.45) is -1.05. The third kappa shape index (κ3) is 8.77. The van der Waals surface area contributed by atoms with E-state index in [-0.39, 0.29) is 50.7 Å². The van der Waals surface area contributed by atoms with Crippen LogP contribution in [-0.2, 0) is 16.1 Å². The smallest absolute Gasteiger partial charge is 0.426 e. The topological polar surface area (TPSA) is 149 Å². The number of nitrogens with one attached hydrogen (secondary N) is 1. The monoisotopic (exact) mass is 616 g/mol. The number of carbonyl (C=O) groups is 3. The summed E-state index contributed by atoms with van der Waals surface area (Å²) in [5.41, 5.74) is 1.34. The summed E-state index contributed by atoms with van der Waals surface area (Å²) in [4.78, 5) is 38.1. The molecule has 0 aromatic heterocycles. The summed E-state index contributed by atoms with van der Waals surface area (Å²) in [7, 11) is 0. The van der Waals surface area contributed by atoms with Crippen molar-refractivity contribution in [3.8, 4) is 17.6 Å². The lowest BCUT2D eigenvalue weighted by Gasteiger charge is -2.25. The van der Waals surface area contributed by atoms with E-state index in [1.165, 1.54) is 54.6 Å². The fourth-order valence-electron chi connectivity index (χ4n) is 3.60. The molecule has 0 radical (unpaired) electrons. The third-order valence-electron chi connectivity index (χ3n) is 5.43. The zero-order chi connectivity index (χ0) is 30.3. The maximum atomic E-state index is 13.2. The van der Waals surface area contributed by atoms with Crippen molar-refractivity contribution in [2.75, 3.05) is 18.5 Å². The van der Waals surface area contributed by atoms with Crippen molar-refractivity contribution in [2.24, 2.45) is 5.92 Å². The molecule has 1 N–H and O–H groups in total. The van der Waals surface area contributed by atoms with Crippen LogP contribution in [0.2, 0.25) is 10.0 Å². The molecule has 3 aromatic carbocycles. The maximum Gasteiger partial charge on any atom is 0.426 e. The Hall–Kier alpha value is -3.95. The largest absolute Gasteiger partial charge is 0.755 e. The van der Waals surface area contributed by atoms with Crippen molar-refractivity contribution in [3.05, 3.63) is 86.9 Å². The van der Waals surface area contributed by atoms with Gasteiger partial charge in [0.2, 0.25) is 0 Å². The molecule has 3 rings (SSSR count). The van der Waals surface area contributed by atoms with Gasteiger partial charge in [0.1, 0.15) is 11.5 Å². The van der Waals surface area contributed by atoms with Gasteiger partial charge in [-0.05, 0) is 73.0 Å². The number of hydrogen-bond donors (Lipinski definition) is 1. The second-order valence-corrected chi connectivity index (χ2v) is 10.9. The van der Waals surface area contributed by atoms with Crippen LogP contribution in [-0.4, -0.2) is 44.0 Å². The molecule has 0 saturated heterocycles. The molecule has 0 fully saturated rings. The van der Waals surface area contributed by atoms with Gasteiger partial charge in [0, 0.05) is 27.8 Å². The van der Waals surface area contributed by atoms with Crippen molar-refractivity contribution in [1.82, 2.24) is 4.31 Å². The molecule has 10 nitrogen and oxygen atoms in total. The standard InChI is InChI=1S/C28H25Cl2N3O7S/c1-16(2)14-33(41(37)38)28(36)40-22-5-6-24(17(3)8-22)32-26(34)15-39-25-7-4-20(29)12-23(25)27(35)19-9-18(13-31)10-21(30)11-19/h4-12,16H,14-15H2,1-3H3,(H,32,34)(H,37,38)/p-1. The van der Waals surface area contributed by atoms with E-state index in [1.54, 1.807) is 20.8 Å². The predicted molar refractivity (Wildman–Crippen MR) is 153 cm³/mol. The van der Waals surface area contributed by atoms with Gasteiger partial charge in [-0.1, -0.05) is 37.0 Å². The summed E-state index contributed by atoms with van der Waals surface area (Å²) in [6.45, 7) is 4.67. The highest BCUT2D eigenvalue weighted by Crippen LogP contribution is 2.28. The zero-order valence-electron chi connectivity index (χ0n) is 22.1. The maximum absolute atomic E-state index is 13.2. The van der Waals surface area contributed by atoms with Crippen molar-refractivity contribution in [1.29, 1.82) is 5.26 Å². The van der Waals surface area contributed by atoms with E-state index in [9.17, 15) is 28.4 Å². The lowest BCUT2D eigenvalue weighted by atomic mass is 10.0. The molecule has 2 amide bonds. The SMILES string of the molecule is Cc1cc(OC(=O)N(CC(C)C)S(=O)[O-])ccc1NC(=O)COc1ccc(Cl)cc1C(=O)c1cc(Cl)cc(C#N)c1. The van der Waals surface area contributed by atoms with Crippen LogP contribution in [0, 0.1) is 24.2 Å². The van der Waals surface area contributed by atoms with Crippen LogP contribution in [0.25, 0.3) is 0 Å². The molecular formula is C28H24Cl2N3O7S-. The molecule has 3 aromatic rings. The first-order chi connectivity index (χ1) is 19.4. The van der Waals surface area contributed by atoms with E-state index < -0.39 is 35.7 Å². The molecule has 13 heteroatoms. The Morgan fingerprint density at radius 1 is 1.07 bits per heavy atom. The molecule has 41 heavy (non-hydrogen) atoms.